The number of anilines is 3. The molecule has 0 amide bonds. The number of rotatable bonds is 8. The maximum atomic E-state index is 2.50. The molecular formula is C62H43NS. The monoisotopic (exact) mass is 833 g/mol. The Morgan fingerprint density at radius 2 is 0.891 bits per heavy atom. The van der Waals surface area contributed by atoms with E-state index in [0.717, 1.165) is 17.1 Å². The van der Waals surface area contributed by atoms with Crippen LogP contribution in [0.15, 0.2) is 243 Å². The average Bonchev–Trinajstić information content (AvgIpc) is 3.89. The number of thiophene rings is 1. The second kappa shape index (κ2) is 15.5. The number of nitrogens with zero attached hydrogens (tertiary/aromatic N) is 1. The molecule has 0 aliphatic heterocycles. The van der Waals surface area contributed by atoms with Gasteiger partial charge in [0.1, 0.15) is 0 Å². The molecule has 1 heterocycles. The van der Waals surface area contributed by atoms with Crippen LogP contribution in [-0.2, 0) is 5.41 Å². The Kier molecular flexibility index (Phi) is 9.21. The molecule has 0 unspecified atom stereocenters. The Bertz CT molecular complexity index is 3440. The van der Waals surface area contributed by atoms with Gasteiger partial charge < -0.3 is 4.90 Å². The van der Waals surface area contributed by atoms with Crippen molar-refractivity contribution in [2.45, 2.75) is 12.3 Å². The van der Waals surface area contributed by atoms with E-state index in [9.17, 15) is 0 Å². The van der Waals surface area contributed by atoms with Gasteiger partial charge in [0.25, 0.3) is 0 Å². The van der Waals surface area contributed by atoms with Gasteiger partial charge in [0.15, 0.2) is 0 Å². The standard InChI is InChI=1S/C62H43NS/c1-42-17-11-15-27-59(42)63(50-34-29-44(30-35-50)43-18-5-2-6-19-43)51-36-31-45(32-37-51)47-39-55(61-56(40-47)54-25-13-16-28-60(54)64-61)46-33-38-53-52-24-12-14-26-57(52)62(58(53)41-46,48-20-7-3-8-21-48)49-22-9-4-10-23-49/h2-41H,1H3. The number of hydrogen-bond acceptors (Lipinski definition) is 2. The van der Waals surface area contributed by atoms with Gasteiger partial charge in [-0.3, -0.25) is 0 Å². The molecule has 10 aromatic carbocycles. The third-order valence-electron chi connectivity index (χ3n) is 13.3. The van der Waals surface area contributed by atoms with Crippen LogP contribution in [0, 0.1) is 6.92 Å². The first-order valence-electron chi connectivity index (χ1n) is 22.1. The van der Waals surface area contributed by atoms with E-state index in [4.69, 9.17) is 0 Å². The molecule has 0 radical (unpaired) electrons. The Morgan fingerprint density at radius 3 is 1.58 bits per heavy atom. The van der Waals surface area contributed by atoms with Gasteiger partial charge in [0.05, 0.1) is 5.41 Å². The molecule has 1 aliphatic rings. The summed E-state index contributed by atoms with van der Waals surface area (Å²) in [4.78, 5) is 2.38. The van der Waals surface area contributed by atoms with Crippen LogP contribution in [0.4, 0.5) is 17.1 Å². The van der Waals surface area contributed by atoms with E-state index in [2.05, 4.69) is 254 Å². The van der Waals surface area contributed by atoms with Crippen LogP contribution in [0.3, 0.4) is 0 Å². The van der Waals surface area contributed by atoms with E-state index in [1.165, 1.54) is 92.5 Å². The molecule has 64 heavy (non-hydrogen) atoms. The molecule has 0 spiro atoms. The molecule has 1 nitrogen and oxygen atoms in total. The quantitative estimate of drug-likeness (QED) is 0.147. The number of hydrogen-bond donors (Lipinski definition) is 0. The topological polar surface area (TPSA) is 3.24 Å². The highest BCUT2D eigenvalue weighted by Gasteiger charge is 2.46. The van der Waals surface area contributed by atoms with Crippen LogP contribution in [0.25, 0.3) is 64.7 Å². The lowest BCUT2D eigenvalue weighted by molar-refractivity contribution is 0.769. The van der Waals surface area contributed by atoms with Crippen molar-refractivity contribution in [3.63, 3.8) is 0 Å². The van der Waals surface area contributed by atoms with Crippen molar-refractivity contribution in [1.82, 2.24) is 0 Å². The minimum atomic E-state index is -0.470. The van der Waals surface area contributed by atoms with E-state index < -0.39 is 5.41 Å². The first-order valence-corrected chi connectivity index (χ1v) is 22.9. The van der Waals surface area contributed by atoms with Gasteiger partial charge in [-0.15, -0.1) is 11.3 Å². The summed E-state index contributed by atoms with van der Waals surface area (Å²) < 4.78 is 2.61. The second-order valence-electron chi connectivity index (χ2n) is 16.9. The van der Waals surface area contributed by atoms with Gasteiger partial charge in [0.2, 0.25) is 0 Å². The fourth-order valence-corrected chi connectivity index (χ4v) is 11.5. The highest BCUT2D eigenvalue weighted by Crippen LogP contribution is 2.57. The minimum absolute atomic E-state index is 0.470. The van der Waals surface area contributed by atoms with E-state index in [0.29, 0.717) is 0 Å². The van der Waals surface area contributed by atoms with E-state index >= 15 is 0 Å². The maximum absolute atomic E-state index is 2.50. The number of aryl methyl sites for hydroxylation is 1. The number of benzene rings is 10. The largest absolute Gasteiger partial charge is 0.310 e. The third-order valence-corrected chi connectivity index (χ3v) is 14.5. The van der Waals surface area contributed by atoms with Crippen LogP contribution in [0.2, 0.25) is 0 Å². The summed E-state index contributed by atoms with van der Waals surface area (Å²) in [6.07, 6.45) is 0. The van der Waals surface area contributed by atoms with Crippen molar-refractivity contribution in [2.24, 2.45) is 0 Å². The van der Waals surface area contributed by atoms with Crippen molar-refractivity contribution in [3.05, 3.63) is 270 Å². The van der Waals surface area contributed by atoms with Crippen LogP contribution in [0.5, 0.6) is 0 Å². The summed E-state index contributed by atoms with van der Waals surface area (Å²) in [7, 11) is 0. The Labute approximate surface area is 378 Å². The molecule has 11 aromatic rings. The zero-order chi connectivity index (χ0) is 42.6. The average molecular weight is 834 g/mol. The van der Waals surface area contributed by atoms with Crippen molar-refractivity contribution in [3.8, 4) is 44.5 Å². The summed E-state index contributed by atoms with van der Waals surface area (Å²) in [5, 5.41) is 2.58. The summed E-state index contributed by atoms with van der Waals surface area (Å²) in [6, 6.07) is 89.5. The molecule has 12 rings (SSSR count). The van der Waals surface area contributed by atoms with Gasteiger partial charge in [-0.1, -0.05) is 188 Å². The number of fused-ring (bicyclic) bond motifs is 6. The minimum Gasteiger partial charge on any atom is -0.310 e. The van der Waals surface area contributed by atoms with Gasteiger partial charge in [-0.25, -0.2) is 0 Å². The fourth-order valence-electron chi connectivity index (χ4n) is 10.3. The first-order chi connectivity index (χ1) is 31.6. The lowest BCUT2D eigenvalue weighted by Crippen LogP contribution is -2.28. The summed E-state index contributed by atoms with van der Waals surface area (Å²) in [5.74, 6) is 0. The van der Waals surface area contributed by atoms with Gasteiger partial charge >= 0.3 is 0 Å². The van der Waals surface area contributed by atoms with Crippen LogP contribution in [0.1, 0.15) is 27.8 Å². The molecule has 0 atom stereocenters. The second-order valence-corrected chi connectivity index (χ2v) is 17.9. The van der Waals surface area contributed by atoms with Crippen LogP contribution in [-0.4, -0.2) is 0 Å². The molecule has 2 heteroatoms. The Balaban J connectivity index is 1.02. The number of para-hydroxylation sites is 1. The zero-order valence-electron chi connectivity index (χ0n) is 35.4. The highest BCUT2D eigenvalue weighted by atomic mass is 32.1. The molecule has 1 aromatic heterocycles. The molecule has 0 N–H and O–H groups in total. The van der Waals surface area contributed by atoms with E-state index in [1.807, 2.05) is 11.3 Å². The van der Waals surface area contributed by atoms with Crippen molar-refractivity contribution < 1.29 is 0 Å². The van der Waals surface area contributed by atoms with E-state index in [-0.39, 0.29) is 0 Å². The zero-order valence-corrected chi connectivity index (χ0v) is 36.3. The molecule has 0 bridgehead atoms. The maximum Gasteiger partial charge on any atom is 0.0713 e. The van der Waals surface area contributed by atoms with Crippen LogP contribution < -0.4 is 4.90 Å². The molecule has 0 fully saturated rings. The Morgan fingerprint density at radius 1 is 0.359 bits per heavy atom. The highest BCUT2D eigenvalue weighted by molar-refractivity contribution is 7.26. The third kappa shape index (κ3) is 6.13. The van der Waals surface area contributed by atoms with Crippen molar-refractivity contribution >= 4 is 48.6 Å². The van der Waals surface area contributed by atoms with Crippen molar-refractivity contribution in [1.29, 1.82) is 0 Å². The molecular weight excluding hydrogens is 791 g/mol. The van der Waals surface area contributed by atoms with Gasteiger partial charge in [0, 0.05) is 42.8 Å². The summed E-state index contributed by atoms with van der Waals surface area (Å²) >= 11 is 1.90. The van der Waals surface area contributed by atoms with E-state index in [1.54, 1.807) is 0 Å². The predicted octanol–water partition coefficient (Wildman–Crippen LogP) is 17.2. The summed E-state index contributed by atoms with van der Waals surface area (Å²) in [6.45, 7) is 2.19. The lowest BCUT2D eigenvalue weighted by Gasteiger charge is -2.34. The SMILES string of the molecule is Cc1ccccc1N(c1ccc(-c2ccccc2)cc1)c1ccc(-c2cc(-c3ccc4c(c3)C(c3ccccc3)(c3ccccc3)c3ccccc3-4)c3sc4ccccc4c3c2)cc1. The molecule has 1 aliphatic carbocycles. The molecule has 302 valence electrons. The molecule has 0 saturated heterocycles. The smallest absolute Gasteiger partial charge is 0.0713 e. The Hall–Kier alpha value is -7.78. The normalized spacial score (nSPS) is 12.6. The van der Waals surface area contributed by atoms with Crippen molar-refractivity contribution in [2.75, 3.05) is 4.90 Å². The lowest BCUT2D eigenvalue weighted by atomic mass is 9.67. The van der Waals surface area contributed by atoms with Crippen LogP contribution >= 0.6 is 11.3 Å². The molecule has 0 saturated carbocycles. The fraction of sp³-hybridized carbons (Fsp3) is 0.0323. The first kappa shape index (κ1) is 37.9. The van der Waals surface area contributed by atoms with Gasteiger partial charge in [-0.2, -0.15) is 0 Å². The summed E-state index contributed by atoms with van der Waals surface area (Å²) in [5.41, 5.74) is 19.2. The predicted molar refractivity (Wildman–Crippen MR) is 272 cm³/mol. The van der Waals surface area contributed by atoms with Gasteiger partial charge in [-0.05, 0) is 128 Å².